The fourth-order valence-electron chi connectivity index (χ4n) is 2.60. The lowest BCUT2D eigenvalue weighted by Gasteiger charge is -2.28. The number of nitrogens with one attached hydrogen (secondary N) is 2. The first-order valence-electron chi connectivity index (χ1n) is 7.83. The third-order valence-electron chi connectivity index (χ3n) is 3.89. The van der Waals surface area contributed by atoms with Gasteiger partial charge in [0.15, 0.2) is 0 Å². The van der Waals surface area contributed by atoms with E-state index in [0.717, 1.165) is 10.8 Å². The summed E-state index contributed by atoms with van der Waals surface area (Å²) in [4.78, 5) is 12.9. The summed E-state index contributed by atoms with van der Waals surface area (Å²) in [6.07, 6.45) is -1.05. The third-order valence-corrected chi connectivity index (χ3v) is 5.36. The van der Waals surface area contributed by atoms with Gasteiger partial charge >= 0.3 is 0 Å². The highest BCUT2D eigenvalue weighted by atomic mass is 35.6. The van der Waals surface area contributed by atoms with Gasteiger partial charge in [0.05, 0.1) is 15.7 Å². The predicted octanol–water partition coefficient (Wildman–Crippen LogP) is 6.68. The van der Waals surface area contributed by atoms with Gasteiger partial charge in [0.1, 0.15) is 6.17 Å². The van der Waals surface area contributed by atoms with Gasteiger partial charge in [0.2, 0.25) is 3.79 Å². The Bertz CT molecular complexity index is 982. The van der Waals surface area contributed by atoms with Crippen LogP contribution < -0.4 is 10.6 Å². The average molecular weight is 463 g/mol. The van der Waals surface area contributed by atoms with Crippen molar-refractivity contribution in [3.63, 3.8) is 0 Å². The summed E-state index contributed by atoms with van der Waals surface area (Å²) < 4.78 is -1.84. The smallest absolute Gasteiger partial charge is 0.253 e. The van der Waals surface area contributed by atoms with Crippen molar-refractivity contribution in [3.05, 3.63) is 76.3 Å². The Hall–Kier alpha value is -1.36. The number of hydrogen-bond donors (Lipinski definition) is 2. The standard InChI is InChI=1S/C19H13Cl5N2O/c20-14-9-4-10-15(16(14)21)25-18(19(22,23)24)26-17(27)13-8-3-6-11-5-1-2-7-12(11)13/h1-10,18,25H,(H,26,27)/t18-/m1/s1. The van der Waals surface area contributed by atoms with Crippen molar-refractivity contribution in [1.29, 1.82) is 0 Å². The van der Waals surface area contributed by atoms with Gasteiger partial charge in [0, 0.05) is 5.56 Å². The number of alkyl halides is 3. The zero-order valence-electron chi connectivity index (χ0n) is 13.6. The highest BCUT2D eigenvalue weighted by Crippen LogP contribution is 2.35. The monoisotopic (exact) mass is 460 g/mol. The molecule has 0 spiro atoms. The summed E-state index contributed by atoms with van der Waals surface area (Å²) in [6, 6.07) is 17.9. The van der Waals surface area contributed by atoms with E-state index in [4.69, 9.17) is 58.0 Å². The molecule has 0 aliphatic carbocycles. The molecule has 0 unspecified atom stereocenters. The normalized spacial score (nSPS) is 12.6. The van der Waals surface area contributed by atoms with Crippen molar-refractivity contribution in [1.82, 2.24) is 5.32 Å². The van der Waals surface area contributed by atoms with Gasteiger partial charge in [-0.15, -0.1) is 0 Å². The number of rotatable bonds is 4. The minimum atomic E-state index is -1.84. The van der Waals surface area contributed by atoms with Crippen molar-refractivity contribution < 1.29 is 4.79 Å². The molecule has 0 aliphatic heterocycles. The van der Waals surface area contributed by atoms with Gasteiger partial charge in [-0.3, -0.25) is 4.79 Å². The Morgan fingerprint density at radius 3 is 2.30 bits per heavy atom. The molecule has 0 aliphatic rings. The molecule has 8 heteroatoms. The van der Waals surface area contributed by atoms with E-state index in [-0.39, 0.29) is 5.02 Å². The van der Waals surface area contributed by atoms with Crippen LogP contribution in [0.2, 0.25) is 10.0 Å². The first-order valence-corrected chi connectivity index (χ1v) is 9.72. The van der Waals surface area contributed by atoms with Gasteiger partial charge < -0.3 is 10.6 Å². The lowest BCUT2D eigenvalue weighted by atomic mass is 10.0. The van der Waals surface area contributed by atoms with Gasteiger partial charge in [-0.05, 0) is 29.0 Å². The number of carbonyl (C=O) groups is 1. The molecule has 0 radical (unpaired) electrons. The molecular formula is C19H13Cl5N2O. The highest BCUT2D eigenvalue weighted by molar-refractivity contribution is 6.68. The first-order chi connectivity index (χ1) is 12.8. The molecular weight excluding hydrogens is 449 g/mol. The molecule has 3 aromatic rings. The van der Waals surface area contributed by atoms with E-state index in [1.807, 2.05) is 30.3 Å². The zero-order valence-corrected chi connectivity index (χ0v) is 17.4. The molecule has 0 saturated heterocycles. The SMILES string of the molecule is O=C(N[C@@H](Nc1cccc(Cl)c1Cl)C(Cl)(Cl)Cl)c1cccc2ccccc12. The van der Waals surface area contributed by atoms with Gasteiger partial charge in [-0.25, -0.2) is 0 Å². The summed E-state index contributed by atoms with van der Waals surface area (Å²) in [5.74, 6) is -0.395. The molecule has 0 saturated carbocycles. The summed E-state index contributed by atoms with van der Waals surface area (Å²) in [5.41, 5.74) is 0.894. The lowest BCUT2D eigenvalue weighted by Crippen LogP contribution is -2.49. The summed E-state index contributed by atoms with van der Waals surface area (Å²) in [5, 5.41) is 7.97. The van der Waals surface area contributed by atoms with Crippen molar-refractivity contribution in [2.24, 2.45) is 0 Å². The molecule has 0 bridgehead atoms. The van der Waals surface area contributed by atoms with Crippen LogP contribution in [-0.2, 0) is 0 Å². The van der Waals surface area contributed by atoms with E-state index in [9.17, 15) is 4.79 Å². The fourth-order valence-corrected chi connectivity index (χ4v) is 3.29. The van der Waals surface area contributed by atoms with Crippen LogP contribution in [0.1, 0.15) is 10.4 Å². The van der Waals surface area contributed by atoms with Gasteiger partial charge in [-0.1, -0.05) is 100 Å². The van der Waals surface area contributed by atoms with E-state index in [2.05, 4.69) is 10.6 Å². The second-order valence-corrected chi connectivity index (χ2v) is 8.87. The molecule has 2 N–H and O–H groups in total. The number of amides is 1. The van der Waals surface area contributed by atoms with Crippen molar-refractivity contribution in [2.45, 2.75) is 9.96 Å². The maximum atomic E-state index is 12.9. The van der Waals surface area contributed by atoms with Crippen LogP contribution >= 0.6 is 58.0 Å². The van der Waals surface area contributed by atoms with Crippen LogP contribution in [0.15, 0.2) is 60.7 Å². The largest absolute Gasteiger partial charge is 0.361 e. The maximum Gasteiger partial charge on any atom is 0.253 e. The predicted molar refractivity (Wildman–Crippen MR) is 116 cm³/mol. The Balaban J connectivity index is 1.90. The number of carbonyl (C=O) groups excluding carboxylic acids is 1. The third kappa shape index (κ3) is 4.74. The molecule has 3 aromatic carbocycles. The maximum absolute atomic E-state index is 12.9. The Morgan fingerprint density at radius 1 is 0.889 bits per heavy atom. The minimum Gasteiger partial charge on any atom is -0.361 e. The Labute approximate surface area is 181 Å². The Morgan fingerprint density at radius 2 is 1.56 bits per heavy atom. The second-order valence-electron chi connectivity index (χ2n) is 5.72. The topological polar surface area (TPSA) is 41.1 Å². The number of anilines is 1. The van der Waals surface area contributed by atoms with Crippen molar-refractivity contribution in [2.75, 3.05) is 5.32 Å². The summed E-state index contributed by atoms with van der Waals surface area (Å²) in [7, 11) is 0. The summed E-state index contributed by atoms with van der Waals surface area (Å²) >= 11 is 30.4. The summed E-state index contributed by atoms with van der Waals surface area (Å²) in [6.45, 7) is 0. The van der Waals surface area contributed by atoms with Crippen LogP contribution in [0.4, 0.5) is 5.69 Å². The highest BCUT2D eigenvalue weighted by Gasteiger charge is 2.35. The lowest BCUT2D eigenvalue weighted by molar-refractivity contribution is 0.0943. The minimum absolute atomic E-state index is 0.262. The number of hydrogen-bond acceptors (Lipinski definition) is 2. The fraction of sp³-hybridized carbons (Fsp3) is 0.105. The van der Waals surface area contributed by atoms with Crippen LogP contribution in [0.5, 0.6) is 0 Å². The van der Waals surface area contributed by atoms with Crippen LogP contribution in [0.25, 0.3) is 10.8 Å². The average Bonchev–Trinajstić information content (AvgIpc) is 2.63. The molecule has 0 heterocycles. The first kappa shape index (κ1) is 20.4. The molecule has 0 fully saturated rings. The molecule has 140 valence electrons. The molecule has 3 rings (SSSR count). The van der Waals surface area contributed by atoms with E-state index >= 15 is 0 Å². The van der Waals surface area contributed by atoms with Crippen molar-refractivity contribution in [3.8, 4) is 0 Å². The quantitative estimate of drug-likeness (QED) is 0.335. The van der Waals surface area contributed by atoms with Crippen molar-refractivity contribution >= 4 is 80.4 Å². The number of fused-ring (bicyclic) bond motifs is 1. The van der Waals surface area contributed by atoms with E-state index in [1.165, 1.54) is 0 Å². The number of benzene rings is 3. The zero-order chi connectivity index (χ0) is 19.6. The Kier molecular flexibility index (Phi) is 6.29. The van der Waals surface area contributed by atoms with E-state index < -0.39 is 15.9 Å². The second kappa shape index (κ2) is 8.34. The van der Waals surface area contributed by atoms with Gasteiger partial charge in [-0.2, -0.15) is 0 Å². The molecule has 0 aromatic heterocycles. The number of halogens is 5. The van der Waals surface area contributed by atoms with Crippen LogP contribution in [0.3, 0.4) is 0 Å². The van der Waals surface area contributed by atoms with Crippen LogP contribution in [0, 0.1) is 0 Å². The van der Waals surface area contributed by atoms with E-state index in [1.54, 1.807) is 30.3 Å². The van der Waals surface area contributed by atoms with Gasteiger partial charge in [0.25, 0.3) is 5.91 Å². The molecule has 27 heavy (non-hydrogen) atoms. The molecule has 3 nitrogen and oxygen atoms in total. The van der Waals surface area contributed by atoms with E-state index in [0.29, 0.717) is 16.3 Å². The molecule has 1 amide bonds. The molecule has 1 atom stereocenters. The van der Waals surface area contributed by atoms with Crippen LogP contribution in [-0.4, -0.2) is 15.9 Å².